The second-order valence-electron chi connectivity index (χ2n) is 4.41. The third-order valence-corrected chi connectivity index (χ3v) is 3.54. The van der Waals surface area contributed by atoms with Crippen LogP contribution in [0.4, 0.5) is 0 Å². The van der Waals surface area contributed by atoms with Gasteiger partial charge in [0.15, 0.2) is 0 Å². The number of carbonyl (C=O) groups excluding carboxylic acids is 1. The van der Waals surface area contributed by atoms with Gasteiger partial charge >= 0.3 is 0 Å². The molecule has 0 aromatic heterocycles. The molecule has 0 saturated carbocycles. The van der Waals surface area contributed by atoms with E-state index >= 15 is 0 Å². The van der Waals surface area contributed by atoms with Crippen LogP contribution in [0.3, 0.4) is 0 Å². The van der Waals surface area contributed by atoms with Crippen molar-refractivity contribution in [3.8, 4) is 0 Å². The molecule has 0 aliphatic heterocycles. The number of hydrogen-bond donors (Lipinski definition) is 2. The number of benzene rings is 1. The van der Waals surface area contributed by atoms with Crippen LogP contribution < -0.4 is 5.32 Å². The van der Waals surface area contributed by atoms with Crippen LogP contribution in [-0.4, -0.2) is 24.6 Å². The van der Waals surface area contributed by atoms with Crippen molar-refractivity contribution >= 4 is 16.0 Å². The number of amides is 1. The summed E-state index contributed by atoms with van der Waals surface area (Å²) >= 11 is 0. The molecule has 0 saturated heterocycles. The lowest BCUT2D eigenvalue weighted by atomic mass is 9.94. The molecular weight excluding hydrogens is 266 g/mol. The standard InChI is InChI=1S/C13H17NO4S/c1-3-7-12(15)14-13(2,10-19(16,17)18)11-8-5-4-6-9-11/h3-9H,10H2,1-2H3,(H,14,15)(H,16,17,18). The van der Waals surface area contributed by atoms with E-state index in [1.807, 2.05) is 0 Å². The van der Waals surface area contributed by atoms with E-state index in [1.165, 1.54) is 6.08 Å². The second kappa shape index (κ2) is 5.99. The van der Waals surface area contributed by atoms with Gasteiger partial charge in [-0.15, -0.1) is 0 Å². The summed E-state index contributed by atoms with van der Waals surface area (Å²) in [6.07, 6.45) is 2.85. The lowest BCUT2D eigenvalue weighted by Crippen LogP contribution is -2.47. The van der Waals surface area contributed by atoms with Crippen LogP contribution in [0.2, 0.25) is 0 Å². The van der Waals surface area contributed by atoms with E-state index in [9.17, 15) is 13.2 Å². The average molecular weight is 283 g/mol. The van der Waals surface area contributed by atoms with Gasteiger partial charge in [0.05, 0.1) is 5.54 Å². The summed E-state index contributed by atoms with van der Waals surface area (Å²) < 4.78 is 31.4. The van der Waals surface area contributed by atoms with Gasteiger partial charge in [0, 0.05) is 0 Å². The minimum absolute atomic E-state index is 0.419. The highest BCUT2D eigenvalue weighted by Crippen LogP contribution is 2.22. The van der Waals surface area contributed by atoms with E-state index in [2.05, 4.69) is 5.32 Å². The molecule has 104 valence electrons. The molecule has 0 bridgehead atoms. The number of nitrogens with one attached hydrogen (secondary N) is 1. The van der Waals surface area contributed by atoms with Crippen molar-refractivity contribution in [3.05, 3.63) is 48.0 Å². The van der Waals surface area contributed by atoms with E-state index in [-0.39, 0.29) is 0 Å². The van der Waals surface area contributed by atoms with Gasteiger partial charge in [-0.3, -0.25) is 9.35 Å². The van der Waals surface area contributed by atoms with E-state index in [0.717, 1.165) is 0 Å². The first-order chi connectivity index (χ1) is 8.77. The van der Waals surface area contributed by atoms with E-state index in [1.54, 1.807) is 50.3 Å². The Morgan fingerprint density at radius 1 is 1.37 bits per heavy atom. The Morgan fingerprint density at radius 3 is 2.42 bits per heavy atom. The molecule has 0 fully saturated rings. The molecule has 1 aromatic carbocycles. The van der Waals surface area contributed by atoms with Crippen molar-refractivity contribution in [3.63, 3.8) is 0 Å². The first-order valence-corrected chi connectivity index (χ1v) is 7.33. The SMILES string of the molecule is CC=CC(=O)NC(C)(CS(=O)(=O)O)c1ccccc1. The van der Waals surface area contributed by atoms with E-state index < -0.39 is 27.3 Å². The molecule has 0 aliphatic carbocycles. The highest BCUT2D eigenvalue weighted by Gasteiger charge is 2.32. The first kappa shape index (κ1) is 15.4. The summed E-state index contributed by atoms with van der Waals surface area (Å²) in [5.74, 6) is -1.01. The highest BCUT2D eigenvalue weighted by molar-refractivity contribution is 7.85. The Kier molecular flexibility index (Phi) is 4.85. The maximum absolute atomic E-state index is 11.6. The molecule has 1 rings (SSSR count). The van der Waals surface area contributed by atoms with Gasteiger partial charge in [0.1, 0.15) is 5.75 Å². The lowest BCUT2D eigenvalue weighted by Gasteiger charge is -2.29. The summed E-state index contributed by atoms with van der Waals surface area (Å²) in [6.45, 7) is 3.24. The van der Waals surface area contributed by atoms with Gasteiger partial charge in [0.2, 0.25) is 5.91 Å². The summed E-state index contributed by atoms with van der Waals surface area (Å²) in [5, 5.41) is 2.60. The smallest absolute Gasteiger partial charge is 0.267 e. The quantitative estimate of drug-likeness (QED) is 0.633. The van der Waals surface area contributed by atoms with E-state index in [4.69, 9.17) is 4.55 Å². The maximum Gasteiger partial charge on any atom is 0.267 e. The Morgan fingerprint density at radius 2 is 1.95 bits per heavy atom. The molecule has 0 heterocycles. The molecule has 5 nitrogen and oxygen atoms in total. The average Bonchev–Trinajstić information content (AvgIpc) is 2.27. The van der Waals surface area contributed by atoms with Crippen LogP contribution in [0.25, 0.3) is 0 Å². The molecule has 0 spiro atoms. The molecule has 19 heavy (non-hydrogen) atoms. The summed E-state index contributed by atoms with van der Waals surface area (Å²) in [7, 11) is -4.23. The summed E-state index contributed by atoms with van der Waals surface area (Å²) in [6, 6.07) is 8.64. The van der Waals surface area contributed by atoms with Gasteiger partial charge in [-0.1, -0.05) is 36.4 Å². The molecule has 0 aliphatic rings. The molecule has 2 N–H and O–H groups in total. The highest BCUT2D eigenvalue weighted by atomic mass is 32.2. The Balaban J connectivity index is 3.14. The largest absolute Gasteiger partial charge is 0.342 e. The Hall–Kier alpha value is -1.66. The molecular formula is C13H17NO4S. The van der Waals surface area contributed by atoms with Crippen molar-refractivity contribution in [2.45, 2.75) is 19.4 Å². The van der Waals surface area contributed by atoms with Gasteiger partial charge in [0.25, 0.3) is 10.1 Å². The maximum atomic E-state index is 11.6. The number of hydrogen-bond acceptors (Lipinski definition) is 3. The Bertz CT molecular complexity index is 566. The zero-order valence-corrected chi connectivity index (χ0v) is 11.6. The van der Waals surface area contributed by atoms with Crippen LogP contribution in [0.15, 0.2) is 42.5 Å². The van der Waals surface area contributed by atoms with Crippen molar-refractivity contribution < 1.29 is 17.8 Å². The lowest BCUT2D eigenvalue weighted by molar-refractivity contribution is -0.118. The minimum atomic E-state index is -4.23. The van der Waals surface area contributed by atoms with Crippen molar-refractivity contribution in [2.24, 2.45) is 0 Å². The summed E-state index contributed by atoms with van der Waals surface area (Å²) in [4.78, 5) is 11.6. The molecule has 1 unspecified atom stereocenters. The normalized spacial score (nSPS) is 15.1. The van der Waals surface area contributed by atoms with Gasteiger partial charge in [-0.05, 0) is 25.5 Å². The topological polar surface area (TPSA) is 83.5 Å². The molecule has 1 amide bonds. The fourth-order valence-corrected chi connectivity index (χ4v) is 2.80. The summed E-state index contributed by atoms with van der Waals surface area (Å²) in [5.41, 5.74) is -0.587. The van der Waals surface area contributed by atoms with Crippen LogP contribution >= 0.6 is 0 Å². The van der Waals surface area contributed by atoms with Gasteiger partial charge in [-0.25, -0.2) is 0 Å². The van der Waals surface area contributed by atoms with E-state index in [0.29, 0.717) is 5.56 Å². The van der Waals surface area contributed by atoms with Crippen LogP contribution in [0.5, 0.6) is 0 Å². The Labute approximate surface area is 113 Å². The van der Waals surface area contributed by atoms with Gasteiger partial charge < -0.3 is 5.32 Å². The predicted molar refractivity (Wildman–Crippen MR) is 73.2 cm³/mol. The number of allylic oxidation sites excluding steroid dienone is 1. The molecule has 0 radical (unpaired) electrons. The second-order valence-corrected chi connectivity index (χ2v) is 5.87. The molecule has 6 heteroatoms. The zero-order valence-electron chi connectivity index (χ0n) is 10.8. The number of rotatable bonds is 5. The van der Waals surface area contributed by atoms with Gasteiger partial charge in [-0.2, -0.15) is 8.42 Å². The van der Waals surface area contributed by atoms with Crippen molar-refractivity contribution in [1.29, 1.82) is 0 Å². The number of carbonyl (C=O) groups is 1. The predicted octanol–water partition coefficient (Wildman–Crippen LogP) is 1.48. The monoisotopic (exact) mass is 283 g/mol. The fourth-order valence-electron chi connectivity index (χ4n) is 1.83. The van der Waals surface area contributed by atoms with Crippen molar-refractivity contribution in [2.75, 3.05) is 5.75 Å². The third kappa shape index (κ3) is 4.84. The molecule has 1 atom stereocenters. The fraction of sp³-hybridized carbons (Fsp3) is 0.308. The van der Waals surface area contributed by atoms with Crippen LogP contribution in [-0.2, 0) is 20.5 Å². The first-order valence-electron chi connectivity index (χ1n) is 5.72. The van der Waals surface area contributed by atoms with Crippen LogP contribution in [0, 0.1) is 0 Å². The third-order valence-electron chi connectivity index (χ3n) is 2.60. The molecule has 1 aromatic rings. The van der Waals surface area contributed by atoms with Crippen molar-refractivity contribution in [1.82, 2.24) is 5.32 Å². The van der Waals surface area contributed by atoms with Crippen LogP contribution in [0.1, 0.15) is 19.4 Å². The zero-order chi connectivity index (χ0) is 14.5. The minimum Gasteiger partial charge on any atom is -0.342 e.